The van der Waals surface area contributed by atoms with Gasteiger partial charge in [-0.25, -0.2) is 9.78 Å². The zero-order chi connectivity index (χ0) is 31.1. The Bertz CT molecular complexity index is 1770. The second-order valence-electron chi connectivity index (χ2n) is 11.0. The van der Waals surface area contributed by atoms with E-state index in [0.717, 1.165) is 52.9 Å². The number of halogens is 1. The Kier molecular flexibility index (Phi) is 10.4. The van der Waals surface area contributed by atoms with Crippen LogP contribution in [0.25, 0.3) is 21.9 Å². The van der Waals surface area contributed by atoms with E-state index in [1.807, 2.05) is 48.5 Å². The zero-order valence-electron chi connectivity index (χ0n) is 24.7. The monoisotopic (exact) mass is 625 g/mol. The van der Waals surface area contributed by atoms with Gasteiger partial charge >= 0.3 is 5.97 Å². The molecule has 0 saturated heterocycles. The highest BCUT2D eigenvalue weighted by molar-refractivity contribution is 7.80. The number of nitrogens with one attached hydrogen (secondary N) is 1. The first-order chi connectivity index (χ1) is 21.4. The summed E-state index contributed by atoms with van der Waals surface area (Å²) >= 11 is 11.2. The number of hydrogen-bond donors (Lipinski definition) is 3. The standard InChI is InChI=1S/C36H36ClN3O3S/c1-2-3-12-33-39-34(37)32(21-38-35(41)29(23-44)20-25-15-16-26-8-4-5-9-28(26)19-25)40(33)22-24-13-17-27(18-14-24)30-10-6-7-11-31(30)36(42)43/h4-11,13-19,29,44H,2-3,12,20-23H2,1H3,(H,38,41)(H,42,43). The van der Waals surface area contributed by atoms with Crippen LogP contribution in [0.2, 0.25) is 5.15 Å². The maximum atomic E-state index is 13.3. The Labute approximate surface area is 268 Å². The van der Waals surface area contributed by atoms with Crippen molar-refractivity contribution in [1.29, 1.82) is 0 Å². The van der Waals surface area contributed by atoms with Crippen molar-refractivity contribution in [3.63, 3.8) is 0 Å². The maximum Gasteiger partial charge on any atom is 0.336 e. The minimum absolute atomic E-state index is 0.0754. The van der Waals surface area contributed by atoms with Crippen LogP contribution in [0.4, 0.5) is 0 Å². The van der Waals surface area contributed by atoms with Crippen molar-refractivity contribution in [1.82, 2.24) is 14.9 Å². The predicted octanol–water partition coefficient (Wildman–Crippen LogP) is 7.85. The molecule has 1 atom stereocenters. The Balaban J connectivity index is 1.33. The van der Waals surface area contributed by atoms with E-state index in [0.29, 0.717) is 29.4 Å². The first-order valence-electron chi connectivity index (χ1n) is 14.9. The fourth-order valence-electron chi connectivity index (χ4n) is 5.49. The van der Waals surface area contributed by atoms with Crippen LogP contribution in [0, 0.1) is 5.92 Å². The van der Waals surface area contributed by atoms with Crippen LogP contribution < -0.4 is 5.32 Å². The number of rotatable bonds is 13. The zero-order valence-corrected chi connectivity index (χ0v) is 26.3. The lowest BCUT2D eigenvalue weighted by atomic mass is 9.97. The minimum Gasteiger partial charge on any atom is -0.478 e. The molecule has 1 aromatic heterocycles. The van der Waals surface area contributed by atoms with Gasteiger partial charge in [0.25, 0.3) is 0 Å². The predicted molar refractivity (Wildman–Crippen MR) is 181 cm³/mol. The van der Waals surface area contributed by atoms with Crippen molar-refractivity contribution in [3.05, 3.63) is 124 Å². The first kappa shape index (κ1) is 31.4. The van der Waals surface area contributed by atoms with Crippen LogP contribution in [0.15, 0.2) is 91.0 Å². The van der Waals surface area contributed by atoms with Gasteiger partial charge in [0.05, 0.1) is 23.7 Å². The van der Waals surface area contributed by atoms with Gasteiger partial charge in [-0.15, -0.1) is 0 Å². The Morgan fingerprint density at radius 3 is 2.39 bits per heavy atom. The van der Waals surface area contributed by atoms with Crippen molar-refractivity contribution < 1.29 is 14.7 Å². The number of hydrogen-bond acceptors (Lipinski definition) is 4. The number of nitrogens with zero attached hydrogens (tertiary/aromatic N) is 2. The first-order valence-corrected chi connectivity index (χ1v) is 15.9. The molecule has 0 saturated carbocycles. The molecule has 0 aliphatic heterocycles. The van der Waals surface area contributed by atoms with E-state index >= 15 is 0 Å². The lowest BCUT2D eigenvalue weighted by Gasteiger charge is -2.17. The highest BCUT2D eigenvalue weighted by Gasteiger charge is 2.21. The van der Waals surface area contributed by atoms with E-state index in [2.05, 4.69) is 64.8 Å². The lowest BCUT2D eigenvalue weighted by molar-refractivity contribution is -0.124. The number of thiol groups is 1. The van der Waals surface area contributed by atoms with Crippen molar-refractivity contribution >= 4 is 46.9 Å². The molecule has 1 amide bonds. The number of carboxylic acid groups (broad SMARTS) is 1. The molecule has 5 rings (SSSR count). The maximum absolute atomic E-state index is 13.3. The fraction of sp³-hybridized carbons (Fsp3) is 0.250. The van der Waals surface area contributed by atoms with E-state index < -0.39 is 5.97 Å². The van der Waals surface area contributed by atoms with Crippen molar-refractivity contribution in [2.75, 3.05) is 5.75 Å². The largest absolute Gasteiger partial charge is 0.478 e. The van der Waals surface area contributed by atoms with Crippen LogP contribution in [0.5, 0.6) is 0 Å². The van der Waals surface area contributed by atoms with E-state index in [4.69, 9.17) is 11.6 Å². The lowest BCUT2D eigenvalue weighted by Crippen LogP contribution is -2.33. The van der Waals surface area contributed by atoms with Gasteiger partial charge in [0.2, 0.25) is 5.91 Å². The molecule has 4 aromatic carbocycles. The number of aromatic nitrogens is 2. The Morgan fingerprint density at radius 2 is 1.66 bits per heavy atom. The van der Waals surface area contributed by atoms with Gasteiger partial charge in [0.15, 0.2) is 5.15 Å². The summed E-state index contributed by atoms with van der Waals surface area (Å²) in [6.45, 7) is 2.91. The summed E-state index contributed by atoms with van der Waals surface area (Å²) < 4.78 is 2.09. The van der Waals surface area contributed by atoms with Gasteiger partial charge in [-0.2, -0.15) is 12.6 Å². The van der Waals surface area contributed by atoms with Crippen molar-refractivity contribution in [3.8, 4) is 11.1 Å². The summed E-state index contributed by atoms with van der Waals surface area (Å²) in [7, 11) is 0. The van der Waals surface area contributed by atoms with Crippen LogP contribution in [-0.2, 0) is 30.7 Å². The molecule has 5 aromatic rings. The summed E-state index contributed by atoms with van der Waals surface area (Å²) in [5.74, 6) is -0.0280. The third-order valence-corrected chi connectivity index (χ3v) is 8.68. The van der Waals surface area contributed by atoms with Crippen LogP contribution >= 0.6 is 24.2 Å². The normalized spacial score (nSPS) is 11.9. The van der Waals surface area contributed by atoms with Gasteiger partial charge in [-0.05, 0) is 51.9 Å². The molecule has 0 aliphatic rings. The van der Waals surface area contributed by atoms with Crippen LogP contribution in [-0.4, -0.2) is 32.3 Å². The highest BCUT2D eigenvalue weighted by atomic mass is 35.5. The number of carboxylic acids is 1. The number of aromatic carboxylic acids is 1. The van der Waals surface area contributed by atoms with Gasteiger partial charge < -0.3 is 15.0 Å². The topological polar surface area (TPSA) is 84.2 Å². The molecule has 6 nitrogen and oxygen atoms in total. The number of carbonyl (C=O) groups is 2. The molecule has 0 spiro atoms. The van der Waals surface area contributed by atoms with Gasteiger partial charge in [0.1, 0.15) is 5.82 Å². The van der Waals surface area contributed by atoms with E-state index in [1.54, 1.807) is 12.1 Å². The van der Waals surface area contributed by atoms with Crippen LogP contribution in [0.1, 0.15) is 52.8 Å². The molecule has 226 valence electrons. The summed E-state index contributed by atoms with van der Waals surface area (Å²) in [5.41, 5.74) is 4.64. The number of aryl methyl sites for hydroxylation is 1. The molecule has 0 bridgehead atoms. The number of carbonyl (C=O) groups excluding carboxylic acids is 1. The average molecular weight is 626 g/mol. The van der Waals surface area contributed by atoms with E-state index in [1.165, 1.54) is 5.39 Å². The Hall–Kier alpha value is -4.07. The second kappa shape index (κ2) is 14.6. The second-order valence-corrected chi connectivity index (χ2v) is 11.7. The minimum atomic E-state index is -0.956. The van der Waals surface area contributed by atoms with Crippen molar-refractivity contribution in [2.45, 2.75) is 45.7 Å². The number of benzene rings is 4. The molecule has 0 fully saturated rings. The van der Waals surface area contributed by atoms with Crippen LogP contribution in [0.3, 0.4) is 0 Å². The van der Waals surface area contributed by atoms with Gasteiger partial charge in [0, 0.05) is 18.7 Å². The third-order valence-electron chi connectivity index (χ3n) is 7.94. The number of imidazole rings is 1. The van der Waals surface area contributed by atoms with E-state index in [9.17, 15) is 14.7 Å². The number of amides is 1. The van der Waals surface area contributed by atoms with E-state index in [-0.39, 0.29) is 23.9 Å². The number of unbranched alkanes of at least 4 members (excludes halogenated alkanes) is 1. The summed E-state index contributed by atoms with van der Waals surface area (Å²) in [4.78, 5) is 29.7. The molecule has 44 heavy (non-hydrogen) atoms. The molecule has 8 heteroatoms. The smallest absolute Gasteiger partial charge is 0.336 e. The van der Waals surface area contributed by atoms with Gasteiger partial charge in [-0.3, -0.25) is 4.79 Å². The molecule has 0 aliphatic carbocycles. The Morgan fingerprint density at radius 1 is 0.955 bits per heavy atom. The molecule has 2 N–H and O–H groups in total. The molecule has 1 heterocycles. The summed E-state index contributed by atoms with van der Waals surface area (Å²) in [6, 6.07) is 29.3. The fourth-order valence-corrected chi connectivity index (χ4v) is 6.05. The number of fused-ring (bicyclic) bond motifs is 1. The van der Waals surface area contributed by atoms with Gasteiger partial charge in [-0.1, -0.05) is 110 Å². The summed E-state index contributed by atoms with van der Waals surface area (Å²) in [6.07, 6.45) is 3.35. The highest BCUT2D eigenvalue weighted by Crippen LogP contribution is 2.26. The summed E-state index contributed by atoms with van der Waals surface area (Å²) in [5, 5.41) is 15.4. The quantitative estimate of drug-likeness (QED) is 0.116. The molecular formula is C36H36ClN3O3S. The molecular weight excluding hydrogens is 590 g/mol. The van der Waals surface area contributed by atoms with Crippen molar-refractivity contribution in [2.24, 2.45) is 5.92 Å². The third kappa shape index (κ3) is 7.34. The average Bonchev–Trinajstić information content (AvgIpc) is 3.34. The molecule has 1 unspecified atom stereocenters. The SMILES string of the molecule is CCCCc1nc(Cl)c(CNC(=O)C(CS)Cc2ccc3ccccc3c2)n1Cc1ccc(-c2ccccc2C(=O)O)cc1. The molecule has 0 radical (unpaired) electrons.